The van der Waals surface area contributed by atoms with E-state index >= 15 is 0 Å². The minimum atomic E-state index is -0.986. The Bertz CT molecular complexity index is 429. The van der Waals surface area contributed by atoms with Gasteiger partial charge in [-0.15, -0.1) is 0 Å². The largest absolute Gasteiger partial charge is 0.399 e. The number of benzene rings is 1. The number of anilines is 1. The lowest BCUT2D eigenvalue weighted by Crippen LogP contribution is -2.51. The van der Waals surface area contributed by atoms with E-state index in [-0.39, 0.29) is 0 Å². The zero-order valence-electron chi connectivity index (χ0n) is 10.3. The first-order valence-electron chi connectivity index (χ1n) is 5.51. The molecule has 6 nitrogen and oxygen atoms in total. The molecule has 18 heavy (non-hydrogen) atoms. The van der Waals surface area contributed by atoms with Gasteiger partial charge < -0.3 is 21.5 Å². The average molecular weight is 251 g/mol. The van der Waals surface area contributed by atoms with Gasteiger partial charge in [-0.1, -0.05) is 0 Å². The molecule has 2 atom stereocenters. The number of hydrogen-bond donors (Lipinski definition) is 4. The van der Waals surface area contributed by atoms with Gasteiger partial charge >= 0.3 is 0 Å². The predicted octanol–water partition coefficient (Wildman–Crippen LogP) is -0.506. The maximum Gasteiger partial charge on any atom is 0.252 e. The molecular weight excluding hydrogens is 234 g/mol. The number of amides is 2. The number of nitrogens with one attached hydrogen (secondary N) is 2. The number of rotatable bonds is 4. The molecule has 98 valence electrons. The van der Waals surface area contributed by atoms with Gasteiger partial charge in [0.15, 0.2) is 0 Å². The highest BCUT2D eigenvalue weighted by Gasteiger charge is 2.24. The van der Waals surface area contributed by atoms with Gasteiger partial charge in [-0.25, -0.2) is 0 Å². The summed E-state index contributed by atoms with van der Waals surface area (Å²) in [6.07, 6.45) is -0.984. The highest BCUT2D eigenvalue weighted by Crippen LogP contribution is 2.06. The normalized spacial score (nSPS) is 13.5. The lowest BCUT2D eigenvalue weighted by atomic mass is 10.1. The SMILES string of the molecule is CNC(=O)C(NC(=O)c1ccc(N)cc1)C(C)O. The van der Waals surface area contributed by atoms with Crippen LogP contribution in [0.25, 0.3) is 0 Å². The predicted molar refractivity (Wildman–Crippen MR) is 67.9 cm³/mol. The number of carbonyl (C=O) groups is 2. The number of likely N-dealkylation sites (N-methyl/N-ethyl adjacent to an activating group) is 1. The van der Waals surface area contributed by atoms with E-state index in [9.17, 15) is 14.7 Å². The van der Waals surface area contributed by atoms with Crippen LogP contribution in [0.1, 0.15) is 17.3 Å². The van der Waals surface area contributed by atoms with E-state index < -0.39 is 24.0 Å². The summed E-state index contributed by atoms with van der Waals surface area (Å²) in [5.74, 6) is -0.890. The Kier molecular flexibility index (Phi) is 4.67. The van der Waals surface area contributed by atoms with E-state index in [0.29, 0.717) is 11.3 Å². The van der Waals surface area contributed by atoms with Crippen LogP contribution in [0.3, 0.4) is 0 Å². The molecular formula is C12H17N3O3. The Morgan fingerprint density at radius 2 is 1.83 bits per heavy atom. The van der Waals surface area contributed by atoms with Gasteiger partial charge in [0, 0.05) is 18.3 Å². The first-order chi connectivity index (χ1) is 8.45. The minimum absolute atomic E-state index is 0.374. The summed E-state index contributed by atoms with van der Waals surface area (Å²) < 4.78 is 0. The number of hydrogen-bond acceptors (Lipinski definition) is 4. The van der Waals surface area contributed by atoms with Gasteiger partial charge in [0.25, 0.3) is 5.91 Å². The Balaban J connectivity index is 2.78. The fraction of sp³-hybridized carbons (Fsp3) is 0.333. The van der Waals surface area contributed by atoms with E-state index in [1.807, 2.05) is 0 Å². The number of nitrogen functional groups attached to an aromatic ring is 1. The molecule has 0 fully saturated rings. The van der Waals surface area contributed by atoms with Crippen LogP contribution in [-0.2, 0) is 4.79 Å². The van der Waals surface area contributed by atoms with E-state index in [1.54, 1.807) is 24.3 Å². The molecule has 0 spiro atoms. The van der Waals surface area contributed by atoms with Crippen molar-refractivity contribution in [1.29, 1.82) is 0 Å². The average Bonchev–Trinajstić information content (AvgIpc) is 2.35. The zero-order valence-corrected chi connectivity index (χ0v) is 10.3. The lowest BCUT2D eigenvalue weighted by molar-refractivity contribution is -0.124. The third kappa shape index (κ3) is 3.46. The first kappa shape index (κ1) is 14.0. The highest BCUT2D eigenvalue weighted by atomic mass is 16.3. The van der Waals surface area contributed by atoms with E-state index in [0.717, 1.165) is 0 Å². The number of aliphatic hydroxyl groups is 1. The van der Waals surface area contributed by atoms with Crippen molar-refractivity contribution in [1.82, 2.24) is 10.6 Å². The Morgan fingerprint density at radius 1 is 1.28 bits per heavy atom. The summed E-state index contributed by atoms with van der Waals surface area (Å²) in [4.78, 5) is 23.3. The Labute approximate surface area is 105 Å². The summed E-state index contributed by atoms with van der Waals surface area (Å²) in [5, 5.41) is 14.3. The molecule has 2 amide bonds. The molecule has 0 aromatic heterocycles. The molecule has 0 bridgehead atoms. The molecule has 2 unspecified atom stereocenters. The third-order valence-corrected chi connectivity index (χ3v) is 2.47. The van der Waals surface area contributed by atoms with E-state index in [1.165, 1.54) is 14.0 Å². The highest BCUT2D eigenvalue weighted by molar-refractivity contribution is 5.97. The molecule has 0 aliphatic rings. The van der Waals surface area contributed by atoms with Crippen LogP contribution in [0, 0.1) is 0 Å². The summed E-state index contributed by atoms with van der Waals surface area (Å²) in [6.45, 7) is 1.43. The van der Waals surface area contributed by atoms with Crippen molar-refractivity contribution in [3.8, 4) is 0 Å². The zero-order chi connectivity index (χ0) is 13.7. The van der Waals surface area contributed by atoms with Crippen molar-refractivity contribution in [3.63, 3.8) is 0 Å². The summed E-state index contributed by atoms with van der Waals surface area (Å²) in [5.41, 5.74) is 6.43. The molecule has 0 aliphatic heterocycles. The smallest absolute Gasteiger partial charge is 0.252 e. The van der Waals surface area contributed by atoms with Crippen LogP contribution < -0.4 is 16.4 Å². The van der Waals surface area contributed by atoms with Gasteiger partial charge in [0.1, 0.15) is 6.04 Å². The Hall–Kier alpha value is -2.08. The van der Waals surface area contributed by atoms with Crippen molar-refractivity contribution in [2.24, 2.45) is 0 Å². The van der Waals surface area contributed by atoms with E-state index in [2.05, 4.69) is 10.6 Å². The molecule has 1 rings (SSSR count). The van der Waals surface area contributed by atoms with Crippen LogP contribution in [0.5, 0.6) is 0 Å². The molecule has 1 aromatic carbocycles. The molecule has 6 heteroatoms. The van der Waals surface area contributed by atoms with Gasteiger partial charge in [0.2, 0.25) is 5.91 Å². The fourth-order valence-electron chi connectivity index (χ4n) is 1.42. The van der Waals surface area contributed by atoms with Gasteiger partial charge in [0.05, 0.1) is 6.10 Å². The standard InChI is InChI=1S/C12H17N3O3/c1-7(16)10(12(18)14-2)15-11(17)8-3-5-9(13)6-4-8/h3-7,10,16H,13H2,1-2H3,(H,14,18)(H,15,17). The third-order valence-electron chi connectivity index (χ3n) is 2.47. The van der Waals surface area contributed by atoms with Crippen molar-refractivity contribution >= 4 is 17.5 Å². The minimum Gasteiger partial charge on any atom is -0.399 e. The number of nitrogens with two attached hydrogens (primary N) is 1. The van der Waals surface area contributed by atoms with Crippen molar-refractivity contribution in [2.45, 2.75) is 19.1 Å². The van der Waals surface area contributed by atoms with Crippen LogP contribution in [0.2, 0.25) is 0 Å². The monoisotopic (exact) mass is 251 g/mol. The quantitative estimate of drug-likeness (QED) is 0.541. The first-order valence-corrected chi connectivity index (χ1v) is 5.51. The van der Waals surface area contributed by atoms with Crippen LogP contribution in [-0.4, -0.2) is 36.1 Å². The topological polar surface area (TPSA) is 104 Å². The van der Waals surface area contributed by atoms with Crippen molar-refractivity contribution < 1.29 is 14.7 Å². The second kappa shape index (κ2) is 6.02. The van der Waals surface area contributed by atoms with Crippen LogP contribution in [0.4, 0.5) is 5.69 Å². The van der Waals surface area contributed by atoms with Gasteiger partial charge in [-0.3, -0.25) is 9.59 Å². The van der Waals surface area contributed by atoms with E-state index in [4.69, 9.17) is 5.73 Å². The molecule has 0 aliphatic carbocycles. The second-order valence-electron chi connectivity index (χ2n) is 3.93. The van der Waals surface area contributed by atoms with Crippen molar-refractivity contribution in [3.05, 3.63) is 29.8 Å². The molecule has 0 saturated heterocycles. The molecule has 5 N–H and O–H groups in total. The summed E-state index contributed by atoms with van der Waals surface area (Å²) in [7, 11) is 1.44. The number of aliphatic hydroxyl groups excluding tert-OH is 1. The summed E-state index contributed by atoms with van der Waals surface area (Å²) >= 11 is 0. The number of carbonyl (C=O) groups excluding carboxylic acids is 2. The fourth-order valence-corrected chi connectivity index (χ4v) is 1.42. The molecule has 0 radical (unpaired) electrons. The van der Waals surface area contributed by atoms with Gasteiger partial charge in [-0.2, -0.15) is 0 Å². The maximum absolute atomic E-state index is 11.8. The Morgan fingerprint density at radius 3 is 2.28 bits per heavy atom. The summed E-state index contributed by atoms with van der Waals surface area (Å²) in [6, 6.07) is 5.29. The van der Waals surface area contributed by atoms with Gasteiger partial charge in [-0.05, 0) is 31.2 Å². The molecule has 0 saturated carbocycles. The lowest BCUT2D eigenvalue weighted by Gasteiger charge is -2.19. The second-order valence-corrected chi connectivity index (χ2v) is 3.93. The molecule has 1 aromatic rings. The van der Waals surface area contributed by atoms with Crippen molar-refractivity contribution in [2.75, 3.05) is 12.8 Å². The van der Waals surface area contributed by atoms with Crippen LogP contribution in [0.15, 0.2) is 24.3 Å². The molecule has 0 heterocycles. The van der Waals surface area contributed by atoms with Crippen LogP contribution >= 0.6 is 0 Å². The maximum atomic E-state index is 11.8.